The molecule has 0 aromatic heterocycles. The first-order chi connectivity index (χ1) is 24.3. The zero-order chi connectivity index (χ0) is 32.1. The fourth-order valence-corrected chi connectivity index (χ4v) is 8.52. The van der Waals surface area contributed by atoms with Gasteiger partial charge in [-0.3, -0.25) is 0 Å². The number of rotatable bonds is 2. The Bertz CT molecular complexity index is 2800. The van der Waals surface area contributed by atoms with Crippen LogP contribution in [-0.2, 0) is 0 Å². The molecule has 2 aliphatic heterocycles. The van der Waals surface area contributed by atoms with E-state index in [1.807, 2.05) is 18.2 Å². The zero-order valence-electron chi connectivity index (χ0n) is 26.5. The summed E-state index contributed by atoms with van der Waals surface area (Å²) in [4.78, 5) is 0. The normalized spacial score (nSPS) is 12.8. The lowest BCUT2D eigenvalue weighted by molar-refractivity contribution is 0.464. The fourth-order valence-electron chi connectivity index (χ4n) is 8.52. The first kappa shape index (κ1) is 26.7. The second-order valence-electron chi connectivity index (χ2n) is 13.1. The van der Waals surface area contributed by atoms with Crippen LogP contribution in [0, 0.1) is 0 Å². The summed E-state index contributed by atoms with van der Waals surface area (Å²) in [6.07, 6.45) is 0. The summed E-state index contributed by atoms with van der Waals surface area (Å²) in [6, 6.07) is 59.0. The van der Waals surface area contributed by atoms with Gasteiger partial charge in [-0.2, -0.15) is 0 Å². The van der Waals surface area contributed by atoms with Gasteiger partial charge in [-0.1, -0.05) is 133 Å². The molecule has 226 valence electrons. The zero-order valence-corrected chi connectivity index (χ0v) is 26.5. The van der Waals surface area contributed by atoms with E-state index in [9.17, 15) is 0 Å². The topological polar surface area (TPSA) is 18.5 Å². The molecule has 0 fully saturated rings. The molecule has 0 spiro atoms. The van der Waals surface area contributed by atoms with Gasteiger partial charge in [0.05, 0.1) is 0 Å². The van der Waals surface area contributed by atoms with Gasteiger partial charge in [0, 0.05) is 5.46 Å². The van der Waals surface area contributed by atoms with Crippen LogP contribution in [0.15, 0.2) is 164 Å². The monoisotopic (exact) mass is 622 g/mol. The summed E-state index contributed by atoms with van der Waals surface area (Å²) in [5, 5.41) is 10.00. The number of hydrogen-bond acceptors (Lipinski definition) is 2. The van der Waals surface area contributed by atoms with Crippen LogP contribution in [-0.4, -0.2) is 6.71 Å². The van der Waals surface area contributed by atoms with Gasteiger partial charge < -0.3 is 9.47 Å². The Morgan fingerprint density at radius 2 is 0.878 bits per heavy atom. The highest BCUT2D eigenvalue weighted by atomic mass is 16.5. The summed E-state index contributed by atoms with van der Waals surface area (Å²) in [7, 11) is 0. The third kappa shape index (κ3) is 3.79. The van der Waals surface area contributed by atoms with E-state index < -0.39 is 0 Å². The van der Waals surface area contributed by atoms with E-state index in [1.165, 1.54) is 65.2 Å². The van der Waals surface area contributed by atoms with Crippen LogP contribution in [0.25, 0.3) is 65.3 Å². The molecular weight excluding hydrogens is 595 g/mol. The van der Waals surface area contributed by atoms with Gasteiger partial charge in [-0.05, 0) is 107 Å². The molecule has 0 saturated heterocycles. The lowest BCUT2D eigenvalue weighted by atomic mass is 9.35. The maximum absolute atomic E-state index is 6.73. The van der Waals surface area contributed by atoms with Crippen molar-refractivity contribution in [3.63, 3.8) is 0 Å². The minimum Gasteiger partial charge on any atom is -0.458 e. The van der Waals surface area contributed by atoms with Crippen molar-refractivity contribution < 1.29 is 9.47 Å². The van der Waals surface area contributed by atoms with Crippen LogP contribution in [0.5, 0.6) is 23.0 Å². The van der Waals surface area contributed by atoms with Crippen molar-refractivity contribution in [3.05, 3.63) is 164 Å². The van der Waals surface area contributed by atoms with Crippen LogP contribution in [0.2, 0.25) is 0 Å². The highest BCUT2D eigenvalue weighted by Gasteiger charge is 2.39. The molecule has 2 nitrogen and oxygen atoms in total. The van der Waals surface area contributed by atoms with Crippen molar-refractivity contribution in [1.29, 1.82) is 0 Å². The molecule has 0 N–H and O–H groups in total. The Hall–Kier alpha value is -6.32. The molecule has 2 heterocycles. The van der Waals surface area contributed by atoms with Crippen LogP contribution >= 0.6 is 0 Å². The molecule has 11 rings (SSSR count). The van der Waals surface area contributed by atoms with Crippen molar-refractivity contribution in [1.82, 2.24) is 0 Å². The van der Waals surface area contributed by atoms with Crippen molar-refractivity contribution >= 4 is 66.2 Å². The largest absolute Gasteiger partial charge is 0.458 e. The van der Waals surface area contributed by atoms with E-state index in [1.54, 1.807) is 0 Å². The maximum Gasteiger partial charge on any atom is 0.260 e. The molecule has 0 unspecified atom stereocenters. The molecule has 49 heavy (non-hydrogen) atoms. The summed E-state index contributed by atoms with van der Waals surface area (Å²) in [5.74, 6) is 3.52. The molecule has 0 atom stereocenters. The summed E-state index contributed by atoms with van der Waals surface area (Å²) in [5.41, 5.74) is 8.32. The Morgan fingerprint density at radius 1 is 0.347 bits per heavy atom. The van der Waals surface area contributed by atoms with Crippen LogP contribution in [0.4, 0.5) is 0 Å². The highest BCUT2D eigenvalue weighted by molar-refractivity contribution is 6.98. The number of para-hydroxylation sites is 1. The second-order valence-corrected chi connectivity index (χ2v) is 13.1. The summed E-state index contributed by atoms with van der Waals surface area (Å²) >= 11 is 0. The van der Waals surface area contributed by atoms with Gasteiger partial charge in [0.15, 0.2) is 0 Å². The Balaban J connectivity index is 1.18. The molecule has 0 amide bonds. The molecule has 0 aliphatic carbocycles. The second kappa shape index (κ2) is 10.1. The molecule has 0 bridgehead atoms. The number of benzene rings is 9. The predicted molar refractivity (Wildman–Crippen MR) is 205 cm³/mol. The Labute approximate surface area is 283 Å². The third-order valence-electron chi connectivity index (χ3n) is 10.6. The molecule has 0 saturated carbocycles. The molecule has 3 heteroatoms. The van der Waals surface area contributed by atoms with Gasteiger partial charge in [0.25, 0.3) is 6.71 Å². The van der Waals surface area contributed by atoms with Gasteiger partial charge in [-0.25, -0.2) is 0 Å². The lowest BCUT2D eigenvalue weighted by Crippen LogP contribution is -2.57. The number of ether oxygens (including phenoxy) is 2. The van der Waals surface area contributed by atoms with Gasteiger partial charge in [0.2, 0.25) is 0 Å². The SMILES string of the molecule is c1ccc2c(c1)Oc1cccc3c1B2c1ccc(-c2c4ccccc4c(-c4cc5ccccc5c5ccccc45)c4ccccc24)cc1O3. The number of hydrogen-bond donors (Lipinski definition) is 0. The van der Waals surface area contributed by atoms with Gasteiger partial charge in [-0.15, -0.1) is 0 Å². The molecule has 2 aliphatic rings. The molecule has 9 aromatic carbocycles. The minimum atomic E-state index is 0.0472. The van der Waals surface area contributed by atoms with Crippen molar-refractivity contribution in [2.24, 2.45) is 0 Å². The average Bonchev–Trinajstić information content (AvgIpc) is 3.16. The van der Waals surface area contributed by atoms with Crippen molar-refractivity contribution in [2.45, 2.75) is 0 Å². The molecule has 9 aromatic rings. The van der Waals surface area contributed by atoms with E-state index in [0.717, 1.165) is 39.5 Å². The third-order valence-corrected chi connectivity index (χ3v) is 10.6. The van der Waals surface area contributed by atoms with Crippen molar-refractivity contribution in [3.8, 4) is 45.3 Å². The smallest absolute Gasteiger partial charge is 0.260 e. The van der Waals surface area contributed by atoms with E-state index in [0.29, 0.717) is 0 Å². The van der Waals surface area contributed by atoms with Crippen molar-refractivity contribution in [2.75, 3.05) is 0 Å². The van der Waals surface area contributed by atoms with Gasteiger partial charge >= 0.3 is 0 Å². The quantitative estimate of drug-likeness (QED) is 0.109. The van der Waals surface area contributed by atoms with E-state index in [-0.39, 0.29) is 6.71 Å². The minimum absolute atomic E-state index is 0.0472. The molecular formula is C46H27BO2. The number of fused-ring (bicyclic) bond motifs is 9. The van der Waals surface area contributed by atoms with Crippen LogP contribution in [0.1, 0.15) is 0 Å². The first-order valence-electron chi connectivity index (χ1n) is 16.9. The van der Waals surface area contributed by atoms with E-state index in [2.05, 4.69) is 146 Å². The molecule has 0 radical (unpaired) electrons. The lowest BCUT2D eigenvalue weighted by Gasteiger charge is -2.33. The predicted octanol–water partition coefficient (Wildman–Crippen LogP) is 10.4. The Kier molecular flexibility index (Phi) is 5.50. The average molecular weight is 623 g/mol. The highest BCUT2D eigenvalue weighted by Crippen LogP contribution is 2.47. The van der Waals surface area contributed by atoms with E-state index >= 15 is 0 Å². The van der Waals surface area contributed by atoms with Crippen LogP contribution in [0.3, 0.4) is 0 Å². The maximum atomic E-state index is 6.73. The standard InChI is InChI=1S/C46H27BO2/c1-2-13-30-28(12-1)26-37(32-15-4-3-14-31(30)32)45-35-18-7-5-16-33(35)44(34-17-6-8-19-36(34)45)29-24-25-39-43(27-29)49-42-23-11-22-41-46(42)47(39)38-20-9-10-21-40(38)48-41/h1-27H. The summed E-state index contributed by atoms with van der Waals surface area (Å²) < 4.78 is 13.1. The first-order valence-corrected chi connectivity index (χ1v) is 16.9. The summed E-state index contributed by atoms with van der Waals surface area (Å²) in [6.45, 7) is 0.0472. The Morgan fingerprint density at radius 3 is 1.61 bits per heavy atom. The van der Waals surface area contributed by atoms with Crippen LogP contribution < -0.4 is 25.9 Å². The van der Waals surface area contributed by atoms with Gasteiger partial charge in [0.1, 0.15) is 23.0 Å². The van der Waals surface area contributed by atoms with E-state index in [4.69, 9.17) is 9.47 Å². The fraction of sp³-hybridized carbons (Fsp3) is 0.